The predicted octanol–water partition coefficient (Wildman–Crippen LogP) is 1.04. The molecule has 1 aromatic heterocycles. The summed E-state index contributed by atoms with van der Waals surface area (Å²) in [6.07, 6.45) is 0.687. The van der Waals surface area contributed by atoms with Gasteiger partial charge in [-0.05, 0) is 20.2 Å². The Morgan fingerprint density at radius 2 is 1.85 bits per heavy atom. The molecule has 0 spiro atoms. The van der Waals surface area contributed by atoms with Crippen molar-refractivity contribution < 1.29 is 9.47 Å². The summed E-state index contributed by atoms with van der Waals surface area (Å²) in [4.78, 5) is 21.4. The van der Waals surface area contributed by atoms with Gasteiger partial charge in [0.05, 0.1) is 25.1 Å². The Labute approximate surface area is 117 Å². The molecule has 0 atom stereocenters. The van der Waals surface area contributed by atoms with Crippen LogP contribution in [0.3, 0.4) is 0 Å². The van der Waals surface area contributed by atoms with Gasteiger partial charge >= 0.3 is 0 Å². The molecule has 1 N–H and O–H groups in total. The zero-order valence-corrected chi connectivity index (χ0v) is 12.2. The minimum atomic E-state index is -0.162. The van der Waals surface area contributed by atoms with E-state index >= 15 is 0 Å². The lowest BCUT2D eigenvalue weighted by Crippen LogP contribution is -2.19. The van der Waals surface area contributed by atoms with E-state index in [1.165, 1.54) is 7.11 Å². The molecule has 0 fully saturated rings. The first-order valence-electron chi connectivity index (χ1n) is 6.34. The van der Waals surface area contributed by atoms with Crippen LogP contribution in [0.15, 0.2) is 16.9 Å². The van der Waals surface area contributed by atoms with Crippen LogP contribution in [0.2, 0.25) is 0 Å². The van der Waals surface area contributed by atoms with Crippen LogP contribution in [0.25, 0.3) is 10.9 Å². The van der Waals surface area contributed by atoms with E-state index in [4.69, 9.17) is 9.47 Å². The first-order chi connectivity index (χ1) is 9.55. The van der Waals surface area contributed by atoms with Crippen molar-refractivity contribution in [3.63, 3.8) is 0 Å². The summed E-state index contributed by atoms with van der Waals surface area (Å²) in [6, 6.07) is 3.37. The number of ether oxygens (including phenoxy) is 2. The van der Waals surface area contributed by atoms with Crippen molar-refractivity contribution in [2.75, 3.05) is 34.9 Å². The zero-order chi connectivity index (χ0) is 14.7. The van der Waals surface area contributed by atoms with Crippen LogP contribution in [0.1, 0.15) is 5.82 Å². The number of benzene rings is 1. The largest absolute Gasteiger partial charge is 0.493 e. The molecular formula is C14H19N3O3. The van der Waals surface area contributed by atoms with Crippen molar-refractivity contribution in [3.8, 4) is 11.5 Å². The summed E-state index contributed by atoms with van der Waals surface area (Å²) in [6.45, 7) is 0.821. The molecule has 1 aromatic carbocycles. The second kappa shape index (κ2) is 5.92. The highest BCUT2D eigenvalue weighted by Crippen LogP contribution is 2.29. The molecule has 0 bridgehead atoms. The third-order valence-electron chi connectivity index (χ3n) is 3.06. The first kappa shape index (κ1) is 14.3. The fourth-order valence-corrected chi connectivity index (χ4v) is 1.96. The number of nitrogens with zero attached hydrogens (tertiary/aromatic N) is 2. The Bertz CT molecular complexity index is 664. The molecule has 20 heavy (non-hydrogen) atoms. The quantitative estimate of drug-likeness (QED) is 0.884. The maximum Gasteiger partial charge on any atom is 0.258 e. The van der Waals surface area contributed by atoms with Gasteiger partial charge in [0, 0.05) is 19.0 Å². The van der Waals surface area contributed by atoms with E-state index in [0.29, 0.717) is 34.6 Å². The molecule has 0 unspecified atom stereocenters. The average Bonchev–Trinajstić information content (AvgIpc) is 2.43. The second-order valence-corrected chi connectivity index (χ2v) is 4.79. The summed E-state index contributed by atoms with van der Waals surface area (Å²) in [5.74, 6) is 1.76. The standard InChI is InChI=1S/C14H19N3O3/c1-17(2)6-5-13-15-10-8-12(20-4)11(19-3)7-9(10)14(18)16-13/h7-8H,5-6H2,1-4H3,(H,15,16,18). The number of hydrogen-bond donors (Lipinski definition) is 1. The highest BCUT2D eigenvalue weighted by Gasteiger charge is 2.10. The van der Waals surface area contributed by atoms with Crippen molar-refractivity contribution in [3.05, 3.63) is 28.3 Å². The number of fused-ring (bicyclic) bond motifs is 1. The van der Waals surface area contributed by atoms with Gasteiger partial charge in [0.1, 0.15) is 5.82 Å². The maximum absolute atomic E-state index is 12.1. The van der Waals surface area contributed by atoms with Gasteiger partial charge in [0.2, 0.25) is 0 Å². The fraction of sp³-hybridized carbons (Fsp3) is 0.429. The van der Waals surface area contributed by atoms with Gasteiger partial charge in [-0.1, -0.05) is 0 Å². The highest BCUT2D eigenvalue weighted by atomic mass is 16.5. The van der Waals surface area contributed by atoms with Gasteiger partial charge in [-0.2, -0.15) is 0 Å². The molecule has 1 heterocycles. The molecule has 108 valence electrons. The van der Waals surface area contributed by atoms with Crippen molar-refractivity contribution >= 4 is 10.9 Å². The van der Waals surface area contributed by atoms with Crippen LogP contribution in [0.4, 0.5) is 0 Å². The summed E-state index contributed by atoms with van der Waals surface area (Å²) in [5.41, 5.74) is 0.449. The molecular weight excluding hydrogens is 258 g/mol. The second-order valence-electron chi connectivity index (χ2n) is 4.79. The number of aromatic amines is 1. The van der Waals surface area contributed by atoms with E-state index in [2.05, 4.69) is 9.97 Å². The Kier molecular flexibility index (Phi) is 4.24. The lowest BCUT2D eigenvalue weighted by molar-refractivity contribution is 0.355. The molecule has 2 aromatic rings. The van der Waals surface area contributed by atoms with Crippen molar-refractivity contribution in [1.29, 1.82) is 0 Å². The predicted molar refractivity (Wildman–Crippen MR) is 77.7 cm³/mol. The third-order valence-corrected chi connectivity index (χ3v) is 3.06. The normalized spacial score (nSPS) is 11.1. The van der Waals surface area contributed by atoms with Crippen LogP contribution in [-0.2, 0) is 6.42 Å². The Hall–Kier alpha value is -2.08. The number of rotatable bonds is 5. The van der Waals surface area contributed by atoms with Gasteiger partial charge in [-0.15, -0.1) is 0 Å². The van der Waals surface area contributed by atoms with Gasteiger partial charge in [-0.25, -0.2) is 4.98 Å². The van der Waals surface area contributed by atoms with Gasteiger partial charge in [-0.3, -0.25) is 4.79 Å². The Balaban J connectivity index is 2.50. The molecule has 2 rings (SSSR count). The van der Waals surface area contributed by atoms with E-state index < -0.39 is 0 Å². The first-order valence-corrected chi connectivity index (χ1v) is 6.34. The van der Waals surface area contributed by atoms with E-state index in [0.717, 1.165) is 6.54 Å². The number of methoxy groups -OCH3 is 2. The molecule has 0 radical (unpaired) electrons. The van der Waals surface area contributed by atoms with Crippen LogP contribution in [0, 0.1) is 0 Å². The highest BCUT2D eigenvalue weighted by molar-refractivity contribution is 5.81. The number of H-pyrrole nitrogens is 1. The van der Waals surface area contributed by atoms with Crippen LogP contribution < -0.4 is 15.0 Å². The summed E-state index contributed by atoms with van der Waals surface area (Å²) >= 11 is 0. The number of hydrogen-bond acceptors (Lipinski definition) is 5. The molecule has 0 saturated carbocycles. The lowest BCUT2D eigenvalue weighted by atomic mass is 10.2. The van der Waals surface area contributed by atoms with E-state index in [9.17, 15) is 4.79 Å². The van der Waals surface area contributed by atoms with Crippen LogP contribution in [0.5, 0.6) is 11.5 Å². The van der Waals surface area contributed by atoms with E-state index in [1.807, 2.05) is 19.0 Å². The van der Waals surface area contributed by atoms with Gasteiger partial charge < -0.3 is 19.4 Å². The van der Waals surface area contributed by atoms with Crippen molar-refractivity contribution in [2.45, 2.75) is 6.42 Å². The van der Waals surface area contributed by atoms with Crippen LogP contribution >= 0.6 is 0 Å². The van der Waals surface area contributed by atoms with Gasteiger partial charge in [0.25, 0.3) is 5.56 Å². The molecule has 0 aliphatic heterocycles. The van der Waals surface area contributed by atoms with E-state index in [1.54, 1.807) is 19.2 Å². The van der Waals surface area contributed by atoms with Crippen molar-refractivity contribution in [2.24, 2.45) is 0 Å². The number of aromatic nitrogens is 2. The molecule has 6 nitrogen and oxygen atoms in total. The Morgan fingerprint density at radius 1 is 1.20 bits per heavy atom. The minimum Gasteiger partial charge on any atom is -0.493 e. The Morgan fingerprint density at radius 3 is 2.45 bits per heavy atom. The third kappa shape index (κ3) is 2.91. The molecule has 0 amide bonds. The van der Waals surface area contributed by atoms with E-state index in [-0.39, 0.29) is 5.56 Å². The molecule has 6 heteroatoms. The molecule has 0 aliphatic rings. The molecule has 0 saturated heterocycles. The average molecular weight is 277 g/mol. The maximum atomic E-state index is 12.1. The van der Waals surface area contributed by atoms with Crippen LogP contribution in [-0.4, -0.2) is 49.7 Å². The molecule has 0 aliphatic carbocycles. The summed E-state index contributed by atoms with van der Waals surface area (Å²) in [5, 5.41) is 0.497. The SMILES string of the molecule is COc1cc2nc(CCN(C)C)[nH]c(=O)c2cc1OC. The number of nitrogens with one attached hydrogen (secondary N) is 1. The fourth-order valence-electron chi connectivity index (χ4n) is 1.96. The minimum absolute atomic E-state index is 0.162. The van der Waals surface area contributed by atoms with Gasteiger partial charge in [0.15, 0.2) is 11.5 Å². The topological polar surface area (TPSA) is 67.5 Å². The van der Waals surface area contributed by atoms with Crippen molar-refractivity contribution in [1.82, 2.24) is 14.9 Å². The smallest absolute Gasteiger partial charge is 0.258 e. The summed E-state index contributed by atoms with van der Waals surface area (Å²) in [7, 11) is 7.06. The number of likely N-dealkylation sites (N-methyl/N-ethyl adjacent to an activating group) is 1. The summed E-state index contributed by atoms with van der Waals surface area (Å²) < 4.78 is 10.4. The lowest BCUT2D eigenvalue weighted by Gasteiger charge is -2.11. The zero-order valence-electron chi connectivity index (χ0n) is 12.2. The monoisotopic (exact) mass is 277 g/mol.